The van der Waals surface area contributed by atoms with Crippen LogP contribution in [0.4, 0.5) is 0 Å². The van der Waals surface area contributed by atoms with Crippen LogP contribution >= 0.6 is 11.3 Å². The predicted molar refractivity (Wildman–Crippen MR) is 110 cm³/mol. The number of benzene rings is 1. The van der Waals surface area contributed by atoms with Gasteiger partial charge >= 0.3 is 170 Å². The summed E-state index contributed by atoms with van der Waals surface area (Å²) in [6.45, 7) is 3.28. The minimum absolute atomic E-state index is 0.00335. The van der Waals surface area contributed by atoms with Gasteiger partial charge in [0.15, 0.2) is 0 Å². The second-order valence-electron chi connectivity index (χ2n) is 7.26. The Hall–Kier alpha value is -1.14. The second kappa shape index (κ2) is 7.70. The maximum atomic E-state index is 12.7. The van der Waals surface area contributed by atoms with E-state index in [1.165, 1.54) is 30.4 Å². The van der Waals surface area contributed by atoms with Crippen molar-refractivity contribution in [3.63, 3.8) is 0 Å². The predicted octanol–water partition coefficient (Wildman–Crippen LogP) is 1.53. The molecule has 5 rings (SSSR count). The molecule has 3 fully saturated rings. The molecule has 8 heteroatoms. The van der Waals surface area contributed by atoms with Crippen LogP contribution in [0.1, 0.15) is 22.5 Å². The molecule has 1 N–H and O–H groups in total. The Morgan fingerprint density at radius 2 is 2.00 bits per heavy atom. The first-order chi connectivity index (χ1) is 12.9. The van der Waals surface area contributed by atoms with Gasteiger partial charge in [-0.25, -0.2) is 0 Å². The van der Waals surface area contributed by atoms with Crippen LogP contribution in [-0.4, -0.2) is 65.8 Å². The fourth-order valence-electron chi connectivity index (χ4n) is 3.89. The molecule has 5 nitrogen and oxygen atoms in total. The van der Waals surface area contributed by atoms with Gasteiger partial charge in [0.05, 0.1) is 0 Å². The van der Waals surface area contributed by atoms with Crippen molar-refractivity contribution in [3.05, 3.63) is 41.3 Å². The Balaban J connectivity index is 1.47. The summed E-state index contributed by atoms with van der Waals surface area (Å²) >= 11 is 0.570. The topological polar surface area (TPSA) is 66.5 Å². The van der Waals surface area contributed by atoms with Crippen LogP contribution in [-0.2, 0) is 8.10 Å². The Morgan fingerprint density at radius 1 is 1.22 bits per heavy atom. The van der Waals surface area contributed by atoms with Gasteiger partial charge < -0.3 is 0 Å². The molecule has 27 heavy (non-hydrogen) atoms. The molecule has 3 aliphatic rings. The molecule has 2 aromatic rings. The van der Waals surface area contributed by atoms with E-state index in [-0.39, 0.29) is 11.9 Å². The monoisotopic (exact) mass is 465 g/mol. The van der Waals surface area contributed by atoms with E-state index in [0.29, 0.717) is 10.8 Å². The van der Waals surface area contributed by atoms with E-state index >= 15 is 0 Å². The van der Waals surface area contributed by atoms with Crippen molar-refractivity contribution in [2.75, 3.05) is 25.9 Å². The number of hydrogen-bond acceptors (Lipinski definition) is 5. The first-order valence-corrected chi connectivity index (χ1v) is 14.9. The molecule has 2 bridgehead atoms. The summed E-state index contributed by atoms with van der Waals surface area (Å²) in [6.07, 6.45) is 3.63. The molecule has 3 saturated heterocycles. The van der Waals surface area contributed by atoms with E-state index < -0.39 is 22.7 Å². The average Bonchev–Trinajstić information content (AvgIpc) is 3.12. The van der Waals surface area contributed by atoms with Gasteiger partial charge in [0.2, 0.25) is 0 Å². The fourth-order valence-corrected chi connectivity index (χ4v) is 8.89. The Labute approximate surface area is 169 Å². The number of amides is 1. The van der Waals surface area contributed by atoms with E-state index in [9.17, 15) is 13.2 Å². The first kappa shape index (κ1) is 19.2. The van der Waals surface area contributed by atoms with Crippen molar-refractivity contribution in [1.29, 1.82) is 0 Å². The van der Waals surface area contributed by atoms with Gasteiger partial charge in [0.1, 0.15) is 0 Å². The number of carbonyl (C=O) groups excluding carboxylic acids is 1. The standard InChI is InChI=1S/C19H22AsN2O3S2/c1-27(24,25)20-15-4-2-3-14(11-15)17-5-6-18(26-17)19(23)21-16-12-22-9-7-13(16)8-10-22/h2-6,11,13,16H,7-10,12H2,1H3,(H,21,23)/t16-/m0/s1. The van der Waals surface area contributed by atoms with E-state index in [1.807, 2.05) is 36.4 Å². The van der Waals surface area contributed by atoms with Crippen molar-refractivity contribution in [1.82, 2.24) is 10.2 Å². The van der Waals surface area contributed by atoms with Crippen LogP contribution < -0.4 is 9.67 Å². The third-order valence-corrected chi connectivity index (χ3v) is 10.9. The summed E-state index contributed by atoms with van der Waals surface area (Å²) in [4.78, 5) is 16.8. The van der Waals surface area contributed by atoms with Crippen molar-refractivity contribution in [2.24, 2.45) is 5.92 Å². The molecule has 1 radical (unpaired) electrons. The zero-order valence-corrected chi connectivity index (χ0v) is 18.6. The quantitative estimate of drug-likeness (QED) is 0.681. The zero-order valence-electron chi connectivity index (χ0n) is 15.1. The number of nitrogens with zero attached hydrogens (tertiary/aromatic N) is 1. The number of fused-ring (bicyclic) bond motifs is 3. The molecule has 143 valence electrons. The van der Waals surface area contributed by atoms with Gasteiger partial charge in [0, 0.05) is 0 Å². The number of nitrogens with one attached hydrogen (secondary N) is 1. The zero-order chi connectivity index (χ0) is 19.0. The minimum atomic E-state index is -2.98. The number of carbonyl (C=O) groups is 1. The van der Waals surface area contributed by atoms with E-state index in [1.54, 1.807) is 0 Å². The molecule has 0 spiro atoms. The molecule has 4 heterocycles. The number of hydrogen-bond donors (Lipinski definition) is 1. The number of piperidine rings is 3. The fraction of sp³-hybridized carbons (Fsp3) is 0.421. The average molecular weight is 465 g/mol. The van der Waals surface area contributed by atoms with Crippen molar-refractivity contribution in [3.8, 4) is 10.4 Å². The van der Waals surface area contributed by atoms with Crippen LogP contribution in [0.2, 0.25) is 0 Å². The molecule has 0 unspecified atom stereocenters. The molecule has 1 atom stereocenters. The van der Waals surface area contributed by atoms with Gasteiger partial charge in [-0.3, -0.25) is 0 Å². The molecule has 1 aromatic heterocycles. The van der Waals surface area contributed by atoms with E-state index in [0.717, 1.165) is 34.4 Å². The molecule has 1 amide bonds. The van der Waals surface area contributed by atoms with Crippen LogP contribution in [0.3, 0.4) is 0 Å². The molecule has 3 aliphatic heterocycles. The maximum absolute atomic E-state index is 12.7. The summed E-state index contributed by atoms with van der Waals surface area (Å²) < 4.78 is 24.0. The van der Waals surface area contributed by atoms with Crippen molar-refractivity contribution in [2.45, 2.75) is 18.9 Å². The summed E-state index contributed by atoms with van der Waals surface area (Å²) in [5, 5.41) is 3.23. The van der Waals surface area contributed by atoms with Crippen molar-refractivity contribution >= 4 is 44.3 Å². The molecular formula is C19H22AsN2O3S2. The van der Waals surface area contributed by atoms with Crippen molar-refractivity contribution < 1.29 is 13.2 Å². The second-order valence-corrected chi connectivity index (χ2v) is 16.4. The Bertz CT molecular complexity index is 949. The van der Waals surface area contributed by atoms with Crippen LogP contribution in [0.15, 0.2) is 36.4 Å². The van der Waals surface area contributed by atoms with Gasteiger partial charge in [0.25, 0.3) is 0 Å². The SMILES string of the molecule is CS(=O)(=O)[As]c1cccc(-c2ccc(C(=O)N[C@H]3CN4CCC3CC4)s2)c1. The number of rotatable bonds is 5. The van der Waals surface area contributed by atoms with Gasteiger partial charge in [-0.2, -0.15) is 0 Å². The van der Waals surface area contributed by atoms with Gasteiger partial charge in [-0.15, -0.1) is 0 Å². The van der Waals surface area contributed by atoms with E-state index in [4.69, 9.17) is 0 Å². The third kappa shape index (κ3) is 4.65. The van der Waals surface area contributed by atoms with Gasteiger partial charge in [-0.05, 0) is 0 Å². The number of thiophene rings is 1. The summed E-state index contributed by atoms with van der Waals surface area (Å²) in [7, 11) is -2.98. The summed E-state index contributed by atoms with van der Waals surface area (Å²) in [5.41, 5.74) is 0.971. The third-order valence-electron chi connectivity index (χ3n) is 5.20. The molecule has 0 aliphatic carbocycles. The van der Waals surface area contributed by atoms with Crippen LogP contribution in [0, 0.1) is 5.92 Å². The summed E-state index contributed by atoms with van der Waals surface area (Å²) in [6, 6.07) is 11.7. The van der Waals surface area contributed by atoms with E-state index in [2.05, 4.69) is 10.2 Å². The Morgan fingerprint density at radius 3 is 2.67 bits per heavy atom. The molecule has 0 saturated carbocycles. The van der Waals surface area contributed by atoms with Crippen LogP contribution in [0.5, 0.6) is 0 Å². The first-order valence-electron chi connectivity index (χ1n) is 9.04. The van der Waals surface area contributed by atoms with Gasteiger partial charge in [-0.1, -0.05) is 0 Å². The Kier molecular flexibility index (Phi) is 5.47. The normalized spacial score (nSPS) is 25.1. The molecular weight excluding hydrogens is 443 g/mol. The van der Waals surface area contributed by atoms with Crippen LogP contribution in [0.25, 0.3) is 10.4 Å². The summed E-state index contributed by atoms with van der Waals surface area (Å²) in [5.74, 6) is 0.609. The molecule has 1 aromatic carbocycles.